The summed E-state index contributed by atoms with van der Waals surface area (Å²) in [6.07, 6.45) is 1.11. The van der Waals surface area contributed by atoms with Gasteiger partial charge in [-0.25, -0.2) is 0 Å². The Bertz CT molecular complexity index is 321. The molecule has 0 aromatic heterocycles. The highest BCUT2D eigenvalue weighted by Gasteiger charge is 2.22. The van der Waals surface area contributed by atoms with E-state index in [0.717, 1.165) is 31.9 Å². The number of hydrogen-bond donors (Lipinski definition) is 1. The van der Waals surface area contributed by atoms with Crippen molar-refractivity contribution < 1.29 is 4.74 Å². The van der Waals surface area contributed by atoms with E-state index in [1.807, 2.05) is 18.2 Å². The lowest BCUT2D eigenvalue weighted by Gasteiger charge is -2.29. The van der Waals surface area contributed by atoms with Crippen LogP contribution in [0.3, 0.4) is 0 Å². The van der Waals surface area contributed by atoms with E-state index in [1.165, 1.54) is 5.69 Å². The molecule has 2 N–H and O–H groups in total. The normalized spacial score (nSPS) is 20.5. The van der Waals surface area contributed by atoms with Gasteiger partial charge in [0.15, 0.2) is 0 Å². The predicted octanol–water partition coefficient (Wildman–Crippen LogP) is 1.88. The van der Waals surface area contributed by atoms with Crippen molar-refractivity contribution in [1.29, 1.82) is 0 Å². The van der Waals surface area contributed by atoms with E-state index in [4.69, 9.17) is 10.5 Å². The van der Waals surface area contributed by atoms with Gasteiger partial charge in [0.25, 0.3) is 0 Å². The molecule has 0 spiro atoms. The highest BCUT2D eigenvalue weighted by molar-refractivity contribution is 5.56. The maximum atomic E-state index is 5.79. The lowest BCUT2D eigenvalue weighted by atomic mass is 10.2. The zero-order valence-electron chi connectivity index (χ0n) is 9.15. The van der Waals surface area contributed by atoms with Crippen LogP contribution in [0, 0.1) is 0 Å². The molecule has 1 aromatic carbocycles. The molecule has 1 aliphatic heterocycles. The highest BCUT2D eigenvalue weighted by atomic mass is 16.5. The van der Waals surface area contributed by atoms with Crippen molar-refractivity contribution in [3.05, 3.63) is 24.3 Å². The Labute approximate surface area is 90.8 Å². The number of nitrogens with two attached hydrogens (primary N) is 1. The van der Waals surface area contributed by atoms with Gasteiger partial charge < -0.3 is 15.4 Å². The van der Waals surface area contributed by atoms with E-state index >= 15 is 0 Å². The van der Waals surface area contributed by atoms with Gasteiger partial charge in [0.1, 0.15) is 0 Å². The topological polar surface area (TPSA) is 38.5 Å². The molecule has 15 heavy (non-hydrogen) atoms. The lowest BCUT2D eigenvalue weighted by molar-refractivity contribution is 0.193. The summed E-state index contributed by atoms with van der Waals surface area (Å²) in [4.78, 5) is 2.36. The van der Waals surface area contributed by atoms with E-state index < -0.39 is 0 Å². The van der Waals surface area contributed by atoms with Crippen molar-refractivity contribution in [3.63, 3.8) is 0 Å². The molecule has 3 heteroatoms. The number of benzene rings is 1. The third-order valence-electron chi connectivity index (χ3n) is 2.89. The number of nitrogen functional groups attached to an aromatic ring is 1. The second-order valence-electron chi connectivity index (χ2n) is 3.90. The molecule has 1 aliphatic rings. The molecular formula is C12H18N2O. The van der Waals surface area contributed by atoms with Crippen LogP contribution in [0.4, 0.5) is 11.4 Å². The first kappa shape index (κ1) is 10.3. The van der Waals surface area contributed by atoms with E-state index in [-0.39, 0.29) is 0 Å². The zero-order valence-corrected chi connectivity index (χ0v) is 9.15. The summed E-state index contributed by atoms with van der Waals surface area (Å²) in [5.41, 5.74) is 7.82. The second kappa shape index (κ2) is 4.53. The molecule has 1 heterocycles. The Hall–Kier alpha value is -1.22. The SMILES string of the molecule is CCN(c1cccc(N)c1)C1CCOC1. The van der Waals surface area contributed by atoms with Crippen LogP contribution in [0.15, 0.2) is 24.3 Å². The van der Waals surface area contributed by atoms with Crippen LogP contribution in [0.25, 0.3) is 0 Å². The molecule has 82 valence electrons. The van der Waals surface area contributed by atoms with Gasteiger partial charge in [-0.1, -0.05) is 6.07 Å². The van der Waals surface area contributed by atoms with Crippen LogP contribution in [0.1, 0.15) is 13.3 Å². The van der Waals surface area contributed by atoms with Crippen molar-refractivity contribution in [1.82, 2.24) is 0 Å². The van der Waals surface area contributed by atoms with Crippen LogP contribution in [0.5, 0.6) is 0 Å². The number of likely N-dealkylation sites (N-methyl/N-ethyl adjacent to an activating group) is 1. The molecule has 0 bridgehead atoms. The van der Waals surface area contributed by atoms with Crippen molar-refractivity contribution >= 4 is 11.4 Å². The largest absolute Gasteiger partial charge is 0.399 e. The van der Waals surface area contributed by atoms with E-state index in [1.54, 1.807) is 0 Å². The van der Waals surface area contributed by atoms with E-state index in [2.05, 4.69) is 17.9 Å². The second-order valence-corrected chi connectivity index (χ2v) is 3.90. The summed E-state index contributed by atoms with van der Waals surface area (Å²) < 4.78 is 5.42. The molecule has 1 fully saturated rings. The first-order valence-corrected chi connectivity index (χ1v) is 5.51. The quantitative estimate of drug-likeness (QED) is 0.767. The van der Waals surface area contributed by atoms with Crippen LogP contribution >= 0.6 is 0 Å². The molecule has 1 unspecified atom stereocenters. The van der Waals surface area contributed by atoms with Crippen molar-refractivity contribution in [3.8, 4) is 0 Å². The molecule has 0 aliphatic carbocycles. The molecule has 2 rings (SSSR count). The van der Waals surface area contributed by atoms with Gasteiger partial charge in [-0.3, -0.25) is 0 Å². The Balaban J connectivity index is 2.18. The maximum Gasteiger partial charge on any atom is 0.0670 e. The first-order chi connectivity index (χ1) is 7.31. The van der Waals surface area contributed by atoms with Gasteiger partial charge in [0, 0.05) is 24.5 Å². The highest BCUT2D eigenvalue weighted by Crippen LogP contribution is 2.23. The summed E-state index contributed by atoms with van der Waals surface area (Å²) in [6.45, 7) is 4.88. The molecule has 1 aromatic rings. The molecular weight excluding hydrogens is 188 g/mol. The van der Waals surface area contributed by atoms with Crippen molar-refractivity contribution in [2.24, 2.45) is 0 Å². The van der Waals surface area contributed by atoms with Gasteiger partial charge in [0.2, 0.25) is 0 Å². The smallest absolute Gasteiger partial charge is 0.0670 e. The number of anilines is 2. The third kappa shape index (κ3) is 2.23. The van der Waals surface area contributed by atoms with E-state index in [9.17, 15) is 0 Å². The number of rotatable bonds is 3. The van der Waals surface area contributed by atoms with Gasteiger partial charge >= 0.3 is 0 Å². The fraction of sp³-hybridized carbons (Fsp3) is 0.500. The molecule has 1 saturated heterocycles. The van der Waals surface area contributed by atoms with Gasteiger partial charge in [-0.05, 0) is 31.5 Å². The summed E-state index contributed by atoms with van der Waals surface area (Å²) in [5.74, 6) is 0. The number of ether oxygens (including phenoxy) is 1. The van der Waals surface area contributed by atoms with Gasteiger partial charge in [-0.2, -0.15) is 0 Å². The molecule has 0 radical (unpaired) electrons. The fourth-order valence-electron chi connectivity index (χ4n) is 2.12. The Morgan fingerprint density at radius 3 is 3.00 bits per heavy atom. The average Bonchev–Trinajstić information content (AvgIpc) is 2.72. The monoisotopic (exact) mass is 206 g/mol. The van der Waals surface area contributed by atoms with Crippen LogP contribution in [-0.4, -0.2) is 25.8 Å². The third-order valence-corrected chi connectivity index (χ3v) is 2.89. The summed E-state index contributed by atoms with van der Waals surface area (Å²) in [6, 6.07) is 8.57. The van der Waals surface area contributed by atoms with Gasteiger partial charge in [-0.15, -0.1) is 0 Å². The zero-order chi connectivity index (χ0) is 10.7. The van der Waals surface area contributed by atoms with Crippen molar-refractivity contribution in [2.45, 2.75) is 19.4 Å². The van der Waals surface area contributed by atoms with E-state index in [0.29, 0.717) is 6.04 Å². The Morgan fingerprint density at radius 1 is 1.53 bits per heavy atom. The standard InChI is InChI=1S/C12H18N2O/c1-2-14(12-6-7-15-9-12)11-5-3-4-10(13)8-11/h3-5,8,12H,2,6-7,9,13H2,1H3. The minimum Gasteiger partial charge on any atom is -0.399 e. The first-order valence-electron chi connectivity index (χ1n) is 5.51. The van der Waals surface area contributed by atoms with Crippen molar-refractivity contribution in [2.75, 3.05) is 30.4 Å². The number of hydrogen-bond acceptors (Lipinski definition) is 3. The predicted molar refractivity (Wildman–Crippen MR) is 63.1 cm³/mol. The fourth-order valence-corrected chi connectivity index (χ4v) is 2.12. The summed E-state index contributed by atoms with van der Waals surface area (Å²) in [7, 11) is 0. The maximum absolute atomic E-state index is 5.79. The molecule has 0 saturated carbocycles. The van der Waals surface area contributed by atoms with Gasteiger partial charge in [0.05, 0.1) is 12.6 Å². The molecule has 0 amide bonds. The lowest BCUT2D eigenvalue weighted by Crippen LogP contribution is -2.35. The van der Waals surface area contributed by atoms with Crippen LogP contribution < -0.4 is 10.6 Å². The molecule has 3 nitrogen and oxygen atoms in total. The summed E-state index contributed by atoms with van der Waals surface area (Å²) >= 11 is 0. The number of nitrogens with zero attached hydrogens (tertiary/aromatic N) is 1. The van der Waals surface area contributed by atoms with Crippen LogP contribution in [-0.2, 0) is 4.74 Å². The Morgan fingerprint density at radius 2 is 2.40 bits per heavy atom. The average molecular weight is 206 g/mol. The minimum absolute atomic E-state index is 0.511. The molecule has 1 atom stereocenters. The summed E-state index contributed by atoms with van der Waals surface area (Å²) in [5, 5.41) is 0. The van der Waals surface area contributed by atoms with Crippen LogP contribution in [0.2, 0.25) is 0 Å². The Kier molecular flexibility index (Phi) is 3.11. The minimum atomic E-state index is 0.511.